The first kappa shape index (κ1) is 25.0. The van der Waals surface area contributed by atoms with E-state index in [9.17, 15) is 9.90 Å². The number of aliphatic hydroxyl groups is 1. The van der Waals surface area contributed by atoms with E-state index in [0.29, 0.717) is 56.6 Å². The van der Waals surface area contributed by atoms with Gasteiger partial charge in [0, 0.05) is 34.3 Å². The SMILES string of the molecule is COc1ccccc1NC(=O)CSc1nc(-c2ccc(Cl)cc2)nc2c1Cc1c(CO)cnc(C)c1O2. The lowest BCUT2D eigenvalue weighted by molar-refractivity contribution is -0.113. The second kappa shape index (κ2) is 10.8. The highest BCUT2D eigenvalue weighted by atomic mass is 35.5. The fourth-order valence-corrected chi connectivity index (χ4v) is 4.96. The van der Waals surface area contributed by atoms with Crippen molar-refractivity contribution in [3.63, 3.8) is 0 Å². The second-order valence-electron chi connectivity index (χ2n) is 8.29. The molecule has 5 rings (SSSR count). The van der Waals surface area contributed by atoms with Crippen LogP contribution < -0.4 is 14.8 Å². The number of halogens is 1. The van der Waals surface area contributed by atoms with Gasteiger partial charge in [-0.15, -0.1) is 0 Å². The molecule has 2 aromatic heterocycles. The zero-order valence-electron chi connectivity index (χ0n) is 20.1. The number of hydrogen-bond donors (Lipinski definition) is 2. The molecule has 0 saturated heterocycles. The minimum Gasteiger partial charge on any atom is -0.495 e. The Labute approximate surface area is 223 Å². The number of amides is 1. The Morgan fingerprint density at radius 2 is 1.95 bits per heavy atom. The van der Waals surface area contributed by atoms with E-state index in [1.54, 1.807) is 37.6 Å². The number of aryl methyl sites for hydroxylation is 1. The molecule has 8 nitrogen and oxygen atoms in total. The Balaban J connectivity index is 1.49. The monoisotopic (exact) mass is 534 g/mol. The highest BCUT2D eigenvalue weighted by Gasteiger charge is 2.28. The van der Waals surface area contributed by atoms with Crippen molar-refractivity contribution >= 4 is 35.0 Å². The molecular formula is C27H23ClN4O4S. The van der Waals surface area contributed by atoms with Gasteiger partial charge in [0.15, 0.2) is 11.6 Å². The van der Waals surface area contributed by atoms with E-state index in [0.717, 1.165) is 16.7 Å². The molecule has 0 atom stereocenters. The van der Waals surface area contributed by atoms with Gasteiger partial charge in [-0.25, -0.2) is 4.98 Å². The van der Waals surface area contributed by atoms with Crippen LogP contribution in [0.3, 0.4) is 0 Å². The molecule has 2 N–H and O–H groups in total. The number of ether oxygens (including phenoxy) is 2. The Morgan fingerprint density at radius 3 is 2.70 bits per heavy atom. The van der Waals surface area contributed by atoms with Gasteiger partial charge in [-0.2, -0.15) is 4.98 Å². The summed E-state index contributed by atoms with van der Waals surface area (Å²) in [6, 6.07) is 14.4. The number of carbonyl (C=O) groups is 1. The third-order valence-corrected chi connectivity index (χ3v) is 7.15. The topological polar surface area (TPSA) is 106 Å². The van der Waals surface area contributed by atoms with E-state index >= 15 is 0 Å². The number of para-hydroxylation sites is 2. The number of anilines is 1. The molecule has 0 saturated carbocycles. The van der Waals surface area contributed by atoms with E-state index in [4.69, 9.17) is 26.1 Å². The molecule has 1 amide bonds. The Hall–Kier alpha value is -3.66. The van der Waals surface area contributed by atoms with Crippen LogP contribution in [-0.4, -0.2) is 38.8 Å². The normalized spacial score (nSPS) is 11.8. The smallest absolute Gasteiger partial charge is 0.234 e. The van der Waals surface area contributed by atoms with Gasteiger partial charge in [-0.1, -0.05) is 35.5 Å². The molecule has 1 aliphatic heterocycles. The van der Waals surface area contributed by atoms with E-state index in [1.807, 2.05) is 31.2 Å². The third kappa shape index (κ3) is 5.24. The fourth-order valence-electron chi connectivity index (χ4n) is 4.01. The van der Waals surface area contributed by atoms with Crippen LogP contribution in [0.5, 0.6) is 17.4 Å². The van der Waals surface area contributed by atoms with Gasteiger partial charge in [0.2, 0.25) is 11.8 Å². The highest BCUT2D eigenvalue weighted by Crippen LogP contribution is 2.42. The van der Waals surface area contributed by atoms with Crippen molar-refractivity contribution in [3.8, 4) is 28.8 Å². The van der Waals surface area contributed by atoms with Gasteiger partial charge in [0.1, 0.15) is 10.8 Å². The van der Waals surface area contributed by atoms with Crippen LogP contribution in [0.15, 0.2) is 59.8 Å². The molecule has 2 aromatic carbocycles. The zero-order chi connectivity index (χ0) is 25.9. The molecule has 3 heterocycles. The van der Waals surface area contributed by atoms with Gasteiger partial charge < -0.3 is 19.9 Å². The van der Waals surface area contributed by atoms with Crippen molar-refractivity contribution in [1.29, 1.82) is 0 Å². The lowest BCUT2D eigenvalue weighted by atomic mass is 9.99. The Kier molecular flexibility index (Phi) is 7.27. The van der Waals surface area contributed by atoms with Gasteiger partial charge in [0.25, 0.3) is 0 Å². The number of thioether (sulfide) groups is 1. The zero-order valence-corrected chi connectivity index (χ0v) is 21.7. The van der Waals surface area contributed by atoms with Crippen LogP contribution in [0.2, 0.25) is 5.02 Å². The largest absolute Gasteiger partial charge is 0.495 e. The van der Waals surface area contributed by atoms with E-state index < -0.39 is 0 Å². The summed E-state index contributed by atoms with van der Waals surface area (Å²) < 4.78 is 11.6. The van der Waals surface area contributed by atoms with Crippen molar-refractivity contribution in [2.24, 2.45) is 0 Å². The highest BCUT2D eigenvalue weighted by molar-refractivity contribution is 8.00. The number of carbonyl (C=O) groups excluding carboxylic acids is 1. The summed E-state index contributed by atoms with van der Waals surface area (Å²) in [5, 5.41) is 14.0. The van der Waals surface area contributed by atoms with Crippen molar-refractivity contribution in [2.75, 3.05) is 18.2 Å². The van der Waals surface area contributed by atoms with E-state index in [1.165, 1.54) is 11.8 Å². The van der Waals surface area contributed by atoms with Crippen LogP contribution in [0.1, 0.15) is 22.4 Å². The average molecular weight is 535 g/mol. The van der Waals surface area contributed by atoms with Gasteiger partial charge in [-0.05, 0) is 43.3 Å². The summed E-state index contributed by atoms with van der Waals surface area (Å²) in [7, 11) is 1.56. The molecular weight excluding hydrogens is 512 g/mol. The lowest BCUT2D eigenvalue weighted by Crippen LogP contribution is -2.16. The van der Waals surface area contributed by atoms with Gasteiger partial charge >= 0.3 is 0 Å². The summed E-state index contributed by atoms with van der Waals surface area (Å²) in [5.74, 6) is 1.93. The third-order valence-electron chi connectivity index (χ3n) is 5.88. The molecule has 0 aliphatic carbocycles. The summed E-state index contributed by atoms with van der Waals surface area (Å²) in [6.07, 6.45) is 2.10. The predicted octanol–water partition coefficient (Wildman–Crippen LogP) is 5.43. The molecule has 4 aromatic rings. The quantitative estimate of drug-likeness (QED) is 0.210. The first-order chi connectivity index (χ1) is 18.0. The number of fused-ring (bicyclic) bond motifs is 2. The molecule has 1 aliphatic rings. The number of rotatable bonds is 7. The lowest BCUT2D eigenvalue weighted by Gasteiger charge is -2.24. The van der Waals surface area contributed by atoms with Crippen LogP contribution in [0.25, 0.3) is 11.4 Å². The molecule has 10 heteroatoms. The molecule has 0 unspecified atom stereocenters. The molecule has 0 fully saturated rings. The summed E-state index contributed by atoms with van der Waals surface area (Å²) in [6.45, 7) is 1.69. The molecule has 0 bridgehead atoms. The van der Waals surface area contributed by atoms with Gasteiger partial charge in [0.05, 0.1) is 36.4 Å². The first-order valence-corrected chi connectivity index (χ1v) is 12.8. The van der Waals surface area contributed by atoms with Crippen molar-refractivity contribution in [1.82, 2.24) is 15.0 Å². The minimum absolute atomic E-state index is 0.108. The van der Waals surface area contributed by atoms with Crippen molar-refractivity contribution < 1.29 is 19.4 Å². The maximum atomic E-state index is 12.8. The summed E-state index contributed by atoms with van der Waals surface area (Å²) in [4.78, 5) is 26.7. The van der Waals surface area contributed by atoms with Crippen LogP contribution >= 0.6 is 23.4 Å². The number of nitrogens with one attached hydrogen (secondary N) is 1. The maximum Gasteiger partial charge on any atom is 0.234 e. The van der Waals surface area contributed by atoms with Crippen LogP contribution in [-0.2, 0) is 17.8 Å². The number of aliphatic hydroxyl groups excluding tert-OH is 1. The number of hydrogen-bond acceptors (Lipinski definition) is 8. The number of methoxy groups -OCH3 is 1. The van der Waals surface area contributed by atoms with E-state index in [-0.39, 0.29) is 18.3 Å². The van der Waals surface area contributed by atoms with Gasteiger partial charge in [-0.3, -0.25) is 9.78 Å². The number of benzene rings is 2. The minimum atomic E-state index is -0.205. The summed E-state index contributed by atoms with van der Waals surface area (Å²) >= 11 is 7.36. The van der Waals surface area contributed by atoms with Crippen molar-refractivity contribution in [2.45, 2.75) is 25.0 Å². The molecule has 0 radical (unpaired) electrons. The van der Waals surface area contributed by atoms with Crippen LogP contribution in [0.4, 0.5) is 5.69 Å². The summed E-state index contributed by atoms with van der Waals surface area (Å²) in [5.41, 5.74) is 4.33. The standard InChI is InChI=1S/C27H23ClN4O4S/c1-15-24-19(17(13-33)12-29-15)11-20-26(36-24)31-25(16-7-9-18(28)10-8-16)32-27(20)37-14-23(34)30-21-5-3-4-6-22(21)35-2/h3-10,12,33H,11,13-14H2,1-2H3,(H,30,34). The molecule has 37 heavy (non-hydrogen) atoms. The Morgan fingerprint density at radius 1 is 1.16 bits per heavy atom. The number of aromatic nitrogens is 3. The first-order valence-electron chi connectivity index (χ1n) is 11.5. The second-order valence-corrected chi connectivity index (χ2v) is 9.69. The molecule has 188 valence electrons. The predicted molar refractivity (Wildman–Crippen MR) is 143 cm³/mol. The Bertz CT molecular complexity index is 1480. The van der Waals surface area contributed by atoms with Crippen molar-refractivity contribution in [3.05, 3.63) is 82.1 Å². The number of nitrogens with zero attached hydrogens (tertiary/aromatic N) is 3. The average Bonchev–Trinajstić information content (AvgIpc) is 2.92. The fraction of sp³-hybridized carbons (Fsp3) is 0.185. The maximum absolute atomic E-state index is 12.8. The van der Waals surface area contributed by atoms with Crippen LogP contribution in [0, 0.1) is 6.92 Å². The number of pyridine rings is 1. The van der Waals surface area contributed by atoms with E-state index in [2.05, 4.69) is 15.3 Å². The molecule has 0 spiro atoms.